The Balaban J connectivity index is 1.96. The zero-order valence-electron chi connectivity index (χ0n) is 13.4. The smallest absolute Gasteiger partial charge is 0.253 e. The lowest BCUT2D eigenvalue weighted by Crippen LogP contribution is -2.28. The molecule has 0 spiro atoms. The van der Waals surface area contributed by atoms with E-state index in [0.29, 0.717) is 0 Å². The van der Waals surface area contributed by atoms with Crippen molar-refractivity contribution in [1.29, 1.82) is 0 Å². The molecule has 3 rings (SSSR count). The lowest BCUT2D eigenvalue weighted by molar-refractivity contribution is 0.0789. The van der Waals surface area contributed by atoms with Crippen LogP contribution in [0.3, 0.4) is 0 Å². The molecule has 0 aliphatic heterocycles. The van der Waals surface area contributed by atoms with E-state index in [1.165, 1.54) is 35.0 Å². The first kappa shape index (κ1) is 14.2. The second-order valence-corrected chi connectivity index (χ2v) is 6.32. The number of amides is 1. The fourth-order valence-corrected chi connectivity index (χ4v) is 3.18. The molecule has 0 radical (unpaired) electrons. The van der Waals surface area contributed by atoms with E-state index in [4.69, 9.17) is 0 Å². The largest absolute Gasteiger partial charge is 0.345 e. The Bertz CT molecular complexity index is 695. The molecule has 2 aromatic rings. The summed E-state index contributed by atoms with van der Waals surface area (Å²) < 4.78 is 2.31. The van der Waals surface area contributed by atoms with Crippen molar-refractivity contribution in [2.75, 3.05) is 13.6 Å². The van der Waals surface area contributed by atoms with E-state index in [2.05, 4.69) is 37.5 Å². The summed E-state index contributed by atoms with van der Waals surface area (Å²) in [5.74, 6) is 0.873. The maximum Gasteiger partial charge on any atom is 0.253 e. The van der Waals surface area contributed by atoms with Gasteiger partial charge in [0, 0.05) is 42.3 Å². The van der Waals surface area contributed by atoms with Gasteiger partial charge < -0.3 is 9.47 Å². The molecule has 1 aromatic carbocycles. The van der Waals surface area contributed by atoms with E-state index in [1.807, 2.05) is 18.0 Å². The molecule has 1 fully saturated rings. The van der Waals surface area contributed by atoms with Gasteiger partial charge in [0.05, 0.1) is 0 Å². The molecular formula is C18H24N2O. The number of carbonyl (C=O) groups excluding carboxylic acids is 1. The second kappa shape index (κ2) is 5.21. The standard InChI is InChI=1S/C18H24N2O/c1-5-20-13(3)12(2)16-10-15(8-9-17(16)20)18(21)19(4)11-14-6-7-14/h8-10,14H,5-7,11H2,1-4H3. The molecule has 3 heteroatoms. The molecule has 0 saturated heterocycles. The van der Waals surface area contributed by atoms with Crippen molar-refractivity contribution in [2.24, 2.45) is 5.92 Å². The average molecular weight is 284 g/mol. The SMILES string of the molecule is CCn1c(C)c(C)c2cc(C(=O)N(C)CC3CC3)ccc21. The first-order chi connectivity index (χ1) is 10.0. The summed E-state index contributed by atoms with van der Waals surface area (Å²) in [6, 6.07) is 6.13. The normalized spacial score (nSPS) is 14.7. The number of aromatic nitrogens is 1. The molecule has 1 aromatic heterocycles. The van der Waals surface area contributed by atoms with Gasteiger partial charge in [-0.3, -0.25) is 4.79 Å². The van der Waals surface area contributed by atoms with Crippen LogP contribution in [0.2, 0.25) is 0 Å². The van der Waals surface area contributed by atoms with Gasteiger partial charge in [-0.2, -0.15) is 0 Å². The third-order valence-electron chi connectivity index (χ3n) is 4.78. The lowest BCUT2D eigenvalue weighted by atomic mass is 10.1. The van der Waals surface area contributed by atoms with Crippen LogP contribution in [-0.2, 0) is 6.54 Å². The van der Waals surface area contributed by atoms with E-state index in [9.17, 15) is 4.79 Å². The highest BCUT2D eigenvalue weighted by molar-refractivity contribution is 5.99. The number of benzene rings is 1. The predicted octanol–water partition coefficient (Wildman–Crippen LogP) is 3.76. The maximum absolute atomic E-state index is 12.5. The number of hydrogen-bond acceptors (Lipinski definition) is 1. The van der Waals surface area contributed by atoms with Gasteiger partial charge in [-0.15, -0.1) is 0 Å². The minimum Gasteiger partial charge on any atom is -0.345 e. The third kappa shape index (κ3) is 2.45. The summed E-state index contributed by atoms with van der Waals surface area (Å²) in [7, 11) is 1.92. The quantitative estimate of drug-likeness (QED) is 0.839. The number of carbonyl (C=O) groups is 1. The Morgan fingerprint density at radius 1 is 1.33 bits per heavy atom. The summed E-state index contributed by atoms with van der Waals surface area (Å²) >= 11 is 0. The van der Waals surface area contributed by atoms with Gasteiger partial charge in [0.1, 0.15) is 0 Å². The van der Waals surface area contributed by atoms with Gasteiger partial charge in [-0.05, 0) is 63.3 Å². The highest BCUT2D eigenvalue weighted by Crippen LogP contribution is 2.30. The van der Waals surface area contributed by atoms with Crippen LogP contribution in [0.25, 0.3) is 10.9 Å². The van der Waals surface area contributed by atoms with Crippen molar-refractivity contribution >= 4 is 16.8 Å². The molecule has 1 amide bonds. The Morgan fingerprint density at radius 2 is 2.05 bits per heavy atom. The Labute approximate surface area is 126 Å². The van der Waals surface area contributed by atoms with Gasteiger partial charge in [0.25, 0.3) is 5.91 Å². The lowest BCUT2D eigenvalue weighted by Gasteiger charge is -2.17. The molecule has 112 valence electrons. The first-order valence-electron chi connectivity index (χ1n) is 7.87. The van der Waals surface area contributed by atoms with E-state index >= 15 is 0 Å². The maximum atomic E-state index is 12.5. The van der Waals surface area contributed by atoms with Crippen molar-refractivity contribution in [3.05, 3.63) is 35.0 Å². The molecule has 0 atom stereocenters. The summed E-state index contributed by atoms with van der Waals surface area (Å²) in [5.41, 5.74) is 4.62. The van der Waals surface area contributed by atoms with Crippen molar-refractivity contribution in [1.82, 2.24) is 9.47 Å². The second-order valence-electron chi connectivity index (χ2n) is 6.32. The van der Waals surface area contributed by atoms with Crippen molar-refractivity contribution in [2.45, 2.75) is 40.2 Å². The number of hydrogen-bond donors (Lipinski definition) is 0. The van der Waals surface area contributed by atoms with Gasteiger partial charge in [0.15, 0.2) is 0 Å². The third-order valence-corrected chi connectivity index (χ3v) is 4.78. The monoisotopic (exact) mass is 284 g/mol. The number of fused-ring (bicyclic) bond motifs is 1. The molecule has 0 bridgehead atoms. The van der Waals surface area contributed by atoms with Crippen LogP contribution in [0.1, 0.15) is 41.4 Å². The fourth-order valence-electron chi connectivity index (χ4n) is 3.18. The summed E-state index contributed by atoms with van der Waals surface area (Å²) in [4.78, 5) is 14.4. The van der Waals surface area contributed by atoms with Crippen LogP contribution in [-0.4, -0.2) is 29.0 Å². The molecule has 1 aliphatic carbocycles. The number of rotatable bonds is 4. The van der Waals surface area contributed by atoms with Gasteiger partial charge in [0.2, 0.25) is 0 Å². The first-order valence-corrected chi connectivity index (χ1v) is 7.87. The average Bonchev–Trinajstić information content (AvgIpc) is 3.26. The van der Waals surface area contributed by atoms with Crippen LogP contribution < -0.4 is 0 Å². The number of nitrogens with zero attached hydrogens (tertiary/aromatic N) is 2. The Morgan fingerprint density at radius 3 is 2.67 bits per heavy atom. The zero-order chi connectivity index (χ0) is 15.1. The molecule has 0 N–H and O–H groups in total. The van der Waals surface area contributed by atoms with Crippen LogP contribution in [0.15, 0.2) is 18.2 Å². The summed E-state index contributed by atoms with van der Waals surface area (Å²) in [6.07, 6.45) is 2.54. The molecule has 0 unspecified atom stereocenters. The van der Waals surface area contributed by atoms with Crippen LogP contribution in [0, 0.1) is 19.8 Å². The van der Waals surface area contributed by atoms with Crippen LogP contribution in [0.4, 0.5) is 0 Å². The summed E-state index contributed by atoms with van der Waals surface area (Å²) in [5, 5.41) is 1.21. The van der Waals surface area contributed by atoms with Crippen molar-refractivity contribution < 1.29 is 4.79 Å². The van der Waals surface area contributed by atoms with Crippen molar-refractivity contribution in [3.63, 3.8) is 0 Å². The van der Waals surface area contributed by atoms with E-state index in [0.717, 1.165) is 24.6 Å². The molecule has 1 aliphatic rings. The fraction of sp³-hybridized carbons (Fsp3) is 0.500. The Hall–Kier alpha value is -1.77. The van der Waals surface area contributed by atoms with Gasteiger partial charge in [-0.25, -0.2) is 0 Å². The van der Waals surface area contributed by atoms with Crippen LogP contribution >= 0.6 is 0 Å². The molecule has 21 heavy (non-hydrogen) atoms. The van der Waals surface area contributed by atoms with Crippen LogP contribution in [0.5, 0.6) is 0 Å². The van der Waals surface area contributed by atoms with E-state index in [1.54, 1.807) is 0 Å². The highest BCUT2D eigenvalue weighted by atomic mass is 16.2. The molecule has 3 nitrogen and oxygen atoms in total. The van der Waals surface area contributed by atoms with E-state index in [-0.39, 0.29) is 5.91 Å². The topological polar surface area (TPSA) is 25.2 Å². The minimum atomic E-state index is 0.144. The predicted molar refractivity (Wildman–Crippen MR) is 86.8 cm³/mol. The Kier molecular flexibility index (Phi) is 3.52. The highest BCUT2D eigenvalue weighted by Gasteiger charge is 2.25. The number of aryl methyl sites for hydroxylation is 2. The van der Waals surface area contributed by atoms with Gasteiger partial charge in [-0.1, -0.05) is 0 Å². The van der Waals surface area contributed by atoms with Gasteiger partial charge >= 0.3 is 0 Å². The molecule has 1 saturated carbocycles. The zero-order valence-corrected chi connectivity index (χ0v) is 13.4. The molecular weight excluding hydrogens is 260 g/mol. The van der Waals surface area contributed by atoms with E-state index < -0.39 is 0 Å². The van der Waals surface area contributed by atoms with Crippen molar-refractivity contribution in [3.8, 4) is 0 Å². The molecule has 1 heterocycles. The summed E-state index contributed by atoms with van der Waals surface area (Å²) in [6.45, 7) is 8.32. The minimum absolute atomic E-state index is 0.144.